The van der Waals surface area contributed by atoms with Crippen LogP contribution < -0.4 is 10.8 Å². The lowest BCUT2D eigenvalue weighted by atomic mass is 10.1. The first kappa shape index (κ1) is 10.4. The fourth-order valence-electron chi connectivity index (χ4n) is 1.36. The van der Waals surface area contributed by atoms with E-state index in [-0.39, 0.29) is 11.3 Å². The minimum Gasteiger partial charge on any atom is -0.465 e. The maximum absolute atomic E-state index is 11.4. The Labute approximate surface area is 90.0 Å². The molecule has 0 aliphatic carbocycles. The predicted octanol–water partition coefficient (Wildman–Crippen LogP) is 0.534. The quantitative estimate of drug-likeness (QED) is 0.447. The monoisotopic (exact) mass is 223 g/mol. The summed E-state index contributed by atoms with van der Waals surface area (Å²) in [5.74, 6) is 4.41. The van der Waals surface area contributed by atoms with Crippen LogP contribution in [0.25, 0.3) is 10.9 Å². The number of H-pyrrole nitrogens is 1. The van der Waals surface area contributed by atoms with Crippen LogP contribution in [0.15, 0.2) is 18.3 Å². The third-order valence-corrected chi connectivity index (χ3v) is 2.08. The van der Waals surface area contributed by atoms with Crippen LogP contribution in [0, 0.1) is 0 Å². The molecule has 7 heteroatoms. The van der Waals surface area contributed by atoms with Crippen LogP contribution in [-0.4, -0.2) is 23.3 Å². The third-order valence-electron chi connectivity index (χ3n) is 2.08. The molecule has 7 nitrogen and oxygen atoms in total. The number of aromatic nitrogens is 2. The highest BCUT2D eigenvalue weighted by atomic mass is 17.3. The molecule has 0 unspecified atom stereocenters. The second kappa shape index (κ2) is 4.17. The van der Waals surface area contributed by atoms with Crippen molar-refractivity contribution < 1.29 is 19.4 Å². The van der Waals surface area contributed by atoms with Gasteiger partial charge >= 0.3 is 5.97 Å². The summed E-state index contributed by atoms with van der Waals surface area (Å²) in [4.78, 5) is 20.2. The highest BCUT2D eigenvalue weighted by Crippen LogP contribution is 2.25. The van der Waals surface area contributed by atoms with Gasteiger partial charge in [-0.05, 0) is 12.1 Å². The smallest absolute Gasteiger partial charge is 0.341 e. The first-order chi connectivity index (χ1) is 7.76. The molecule has 16 heavy (non-hydrogen) atoms. The molecule has 3 N–H and O–H groups in total. The third kappa shape index (κ3) is 1.69. The van der Waals surface area contributed by atoms with Crippen molar-refractivity contribution in [1.82, 2.24) is 10.2 Å². The number of nitrogens with two attached hydrogens (primary N) is 1. The van der Waals surface area contributed by atoms with E-state index in [4.69, 9.17) is 5.90 Å². The molecule has 0 radical (unpaired) electrons. The summed E-state index contributed by atoms with van der Waals surface area (Å²) < 4.78 is 4.60. The Kier molecular flexibility index (Phi) is 2.71. The number of ether oxygens (including phenoxy) is 1. The molecule has 0 atom stereocenters. The average Bonchev–Trinajstić information content (AvgIpc) is 2.74. The van der Waals surface area contributed by atoms with Gasteiger partial charge in [0, 0.05) is 5.39 Å². The molecule has 2 rings (SSSR count). The maximum Gasteiger partial charge on any atom is 0.341 e. The number of rotatable bonds is 3. The fourth-order valence-corrected chi connectivity index (χ4v) is 1.36. The zero-order valence-electron chi connectivity index (χ0n) is 8.39. The van der Waals surface area contributed by atoms with Gasteiger partial charge < -0.3 is 9.62 Å². The number of nitrogens with zero attached hydrogens (tertiary/aromatic N) is 1. The number of carbonyl (C=O) groups excluding carboxylic acids is 1. The predicted molar refractivity (Wildman–Crippen MR) is 53.3 cm³/mol. The molecule has 84 valence electrons. The molecule has 0 amide bonds. The zero-order chi connectivity index (χ0) is 11.5. The Hall–Kier alpha value is -2.12. The van der Waals surface area contributed by atoms with E-state index in [1.54, 1.807) is 18.3 Å². The van der Waals surface area contributed by atoms with Gasteiger partial charge in [0.05, 0.1) is 18.8 Å². The molecule has 0 bridgehead atoms. The molecule has 0 saturated carbocycles. The topological polar surface area (TPSA) is 99.5 Å². The number of benzene rings is 1. The molecule has 0 aliphatic heterocycles. The van der Waals surface area contributed by atoms with Crippen LogP contribution in [0.3, 0.4) is 0 Å². The number of carbonyl (C=O) groups is 1. The second-order valence-electron chi connectivity index (χ2n) is 2.98. The average molecular weight is 223 g/mol. The molecule has 0 saturated heterocycles. The Balaban J connectivity index is 2.57. The molecule has 2 aromatic rings. The molecular weight excluding hydrogens is 214 g/mol. The minimum atomic E-state index is -0.552. The van der Waals surface area contributed by atoms with Gasteiger partial charge in [-0.3, -0.25) is 5.10 Å². The summed E-state index contributed by atoms with van der Waals surface area (Å²) in [6.07, 6.45) is 1.58. The van der Waals surface area contributed by atoms with Gasteiger partial charge in [0.2, 0.25) is 0 Å². The van der Waals surface area contributed by atoms with Crippen molar-refractivity contribution in [3.63, 3.8) is 0 Å². The van der Waals surface area contributed by atoms with Gasteiger partial charge in [0.1, 0.15) is 5.56 Å². The van der Waals surface area contributed by atoms with E-state index in [2.05, 4.69) is 24.8 Å². The normalized spacial score (nSPS) is 10.4. The lowest BCUT2D eigenvalue weighted by Crippen LogP contribution is -2.09. The summed E-state index contributed by atoms with van der Waals surface area (Å²) in [6, 6.07) is 3.11. The van der Waals surface area contributed by atoms with Crippen LogP contribution >= 0.6 is 0 Å². The van der Waals surface area contributed by atoms with Crippen molar-refractivity contribution in [2.45, 2.75) is 0 Å². The summed E-state index contributed by atoms with van der Waals surface area (Å²) >= 11 is 0. The first-order valence-corrected chi connectivity index (χ1v) is 4.35. The van der Waals surface area contributed by atoms with E-state index in [1.807, 2.05) is 0 Å². The fraction of sp³-hybridized carbons (Fsp3) is 0.111. The number of esters is 1. The standard InChI is InChI=1S/C9H9N3O4/c1-14-9(13)6-3-7-5(4-11-12-7)2-8(6)15-16-10/h2-4H,10H2,1H3,(H,11,12). The summed E-state index contributed by atoms with van der Waals surface area (Å²) in [5, 5.41) is 7.31. The van der Waals surface area contributed by atoms with Gasteiger partial charge in [-0.25, -0.2) is 4.79 Å². The van der Waals surface area contributed by atoms with Gasteiger partial charge in [-0.15, -0.1) is 0 Å². The maximum atomic E-state index is 11.4. The van der Waals surface area contributed by atoms with E-state index in [0.29, 0.717) is 5.52 Å². The molecule has 1 aromatic carbocycles. The number of fused-ring (bicyclic) bond motifs is 1. The highest BCUT2D eigenvalue weighted by Gasteiger charge is 2.16. The lowest BCUT2D eigenvalue weighted by molar-refractivity contribution is -0.211. The SMILES string of the molecule is COC(=O)c1cc2[nH]ncc2cc1OON. The minimum absolute atomic E-state index is 0.170. The van der Waals surface area contributed by atoms with E-state index in [1.165, 1.54) is 7.11 Å². The molecule has 1 heterocycles. The van der Waals surface area contributed by atoms with Crippen molar-refractivity contribution in [1.29, 1.82) is 0 Å². The van der Waals surface area contributed by atoms with Crippen LogP contribution in [0.5, 0.6) is 5.75 Å². The summed E-state index contributed by atoms with van der Waals surface area (Å²) in [7, 11) is 1.27. The van der Waals surface area contributed by atoms with Crippen molar-refractivity contribution in [2.24, 2.45) is 5.90 Å². The number of aromatic amines is 1. The molecule has 1 aromatic heterocycles. The molecule has 0 spiro atoms. The van der Waals surface area contributed by atoms with Gasteiger partial charge in [0.25, 0.3) is 0 Å². The van der Waals surface area contributed by atoms with E-state index < -0.39 is 5.97 Å². The highest BCUT2D eigenvalue weighted by molar-refractivity contribution is 5.97. The lowest BCUT2D eigenvalue weighted by Gasteiger charge is -2.06. The van der Waals surface area contributed by atoms with E-state index in [9.17, 15) is 4.79 Å². The molecule has 0 fully saturated rings. The first-order valence-electron chi connectivity index (χ1n) is 4.35. The second-order valence-corrected chi connectivity index (χ2v) is 2.98. The summed E-state index contributed by atoms with van der Waals surface area (Å²) in [5.41, 5.74) is 0.884. The van der Waals surface area contributed by atoms with Gasteiger partial charge in [0.15, 0.2) is 5.75 Å². The van der Waals surface area contributed by atoms with Crippen LogP contribution in [-0.2, 0) is 9.73 Å². The summed E-state index contributed by atoms with van der Waals surface area (Å²) in [6.45, 7) is 0. The number of hydrogen-bond donors (Lipinski definition) is 2. The number of methoxy groups -OCH3 is 1. The van der Waals surface area contributed by atoms with Crippen molar-refractivity contribution in [3.05, 3.63) is 23.9 Å². The van der Waals surface area contributed by atoms with E-state index >= 15 is 0 Å². The van der Waals surface area contributed by atoms with Crippen molar-refractivity contribution in [2.75, 3.05) is 7.11 Å². The molecular formula is C9H9N3O4. The Bertz CT molecular complexity index is 522. The van der Waals surface area contributed by atoms with Crippen LogP contribution in [0.4, 0.5) is 0 Å². The number of nitrogens with one attached hydrogen (secondary N) is 1. The molecule has 0 aliphatic rings. The van der Waals surface area contributed by atoms with Crippen molar-refractivity contribution >= 4 is 16.9 Å². The van der Waals surface area contributed by atoms with Crippen LogP contribution in [0.1, 0.15) is 10.4 Å². The van der Waals surface area contributed by atoms with Gasteiger partial charge in [-0.2, -0.15) is 11.0 Å². The zero-order valence-corrected chi connectivity index (χ0v) is 8.39. The van der Waals surface area contributed by atoms with Crippen LogP contribution in [0.2, 0.25) is 0 Å². The van der Waals surface area contributed by atoms with E-state index in [0.717, 1.165) is 5.39 Å². The Morgan fingerprint density at radius 2 is 2.31 bits per heavy atom. The number of hydrogen-bond acceptors (Lipinski definition) is 6. The van der Waals surface area contributed by atoms with Gasteiger partial charge in [-0.1, -0.05) is 4.99 Å². The Morgan fingerprint density at radius 1 is 1.50 bits per heavy atom. The van der Waals surface area contributed by atoms with Crippen molar-refractivity contribution in [3.8, 4) is 5.75 Å². The largest absolute Gasteiger partial charge is 0.465 e. The Morgan fingerprint density at radius 3 is 3.00 bits per heavy atom.